The van der Waals surface area contributed by atoms with Crippen molar-refractivity contribution >= 4 is 23.5 Å². The van der Waals surface area contributed by atoms with Gasteiger partial charge in [0.2, 0.25) is 11.9 Å². The molecule has 3 rings (SSSR count). The van der Waals surface area contributed by atoms with Crippen molar-refractivity contribution in [2.75, 3.05) is 50.2 Å². The number of nitrogens with one attached hydrogen (secondary N) is 2. The lowest BCUT2D eigenvalue weighted by atomic mass is 9.87. The summed E-state index contributed by atoms with van der Waals surface area (Å²) in [5.74, 6) is 1.57. The second-order valence-electron chi connectivity index (χ2n) is 9.05. The van der Waals surface area contributed by atoms with Crippen molar-refractivity contribution in [2.24, 2.45) is 5.73 Å². The molecule has 8 nitrogen and oxygen atoms in total. The Morgan fingerprint density at radius 2 is 1.43 bits per heavy atom. The van der Waals surface area contributed by atoms with Crippen LogP contribution in [0.15, 0.2) is 48.5 Å². The number of benzene rings is 2. The number of nitrogens with zero attached hydrogens (tertiary/aromatic N) is 3. The average Bonchev–Trinajstić information content (AvgIpc) is 2.85. The maximum atomic E-state index is 6.00. The van der Waals surface area contributed by atoms with Crippen molar-refractivity contribution in [1.82, 2.24) is 15.0 Å². The Morgan fingerprint density at radius 1 is 0.800 bits per heavy atom. The highest BCUT2D eigenvalue weighted by atomic mass is 35.5. The van der Waals surface area contributed by atoms with Crippen LogP contribution in [0.5, 0.6) is 0 Å². The molecule has 0 amide bonds. The summed E-state index contributed by atoms with van der Waals surface area (Å²) in [6.07, 6.45) is 0. The number of halogens is 1. The van der Waals surface area contributed by atoms with E-state index in [1.165, 1.54) is 5.56 Å². The number of ether oxygens (including phenoxy) is 2. The highest BCUT2D eigenvalue weighted by Gasteiger charge is 2.14. The monoisotopic (exact) mass is 498 g/mol. The third-order valence-electron chi connectivity index (χ3n) is 5.17. The number of hydrogen-bond acceptors (Lipinski definition) is 8. The quantitative estimate of drug-likeness (QED) is 0.295. The molecule has 0 atom stereocenters. The lowest BCUT2D eigenvalue weighted by molar-refractivity contribution is 0.0547. The van der Waals surface area contributed by atoms with Crippen molar-refractivity contribution < 1.29 is 9.47 Å². The highest BCUT2D eigenvalue weighted by Crippen LogP contribution is 2.25. The van der Waals surface area contributed by atoms with Crippen LogP contribution in [0.2, 0.25) is 5.02 Å². The van der Waals surface area contributed by atoms with Crippen LogP contribution in [0.4, 0.5) is 11.9 Å². The van der Waals surface area contributed by atoms with E-state index < -0.39 is 0 Å². The molecule has 1 aromatic heterocycles. The summed E-state index contributed by atoms with van der Waals surface area (Å²) in [6.45, 7) is 10.3. The van der Waals surface area contributed by atoms with E-state index in [2.05, 4.69) is 58.5 Å². The van der Waals surface area contributed by atoms with Crippen LogP contribution in [-0.4, -0.2) is 54.5 Å². The van der Waals surface area contributed by atoms with E-state index in [9.17, 15) is 0 Å². The van der Waals surface area contributed by atoms with Gasteiger partial charge in [-0.05, 0) is 28.7 Å². The minimum atomic E-state index is 0.0744. The van der Waals surface area contributed by atoms with E-state index in [0.717, 1.165) is 11.1 Å². The zero-order chi connectivity index (χ0) is 25.1. The van der Waals surface area contributed by atoms with Crippen molar-refractivity contribution in [3.8, 4) is 11.4 Å². The Balaban J connectivity index is 1.69. The Bertz CT molecular complexity index is 1040. The number of anilines is 2. The van der Waals surface area contributed by atoms with E-state index in [1.807, 2.05) is 36.4 Å². The van der Waals surface area contributed by atoms with E-state index in [0.29, 0.717) is 68.8 Å². The van der Waals surface area contributed by atoms with Crippen molar-refractivity contribution in [2.45, 2.75) is 32.7 Å². The first-order chi connectivity index (χ1) is 16.8. The minimum Gasteiger partial charge on any atom is -0.378 e. The maximum absolute atomic E-state index is 6.00. The normalized spacial score (nSPS) is 11.5. The lowest BCUT2D eigenvalue weighted by Crippen LogP contribution is -2.16. The predicted molar refractivity (Wildman–Crippen MR) is 142 cm³/mol. The molecule has 3 aromatic rings. The second kappa shape index (κ2) is 13.3. The topological polar surface area (TPSA) is 107 Å². The fourth-order valence-electron chi connectivity index (χ4n) is 3.21. The zero-order valence-corrected chi connectivity index (χ0v) is 21.4. The molecular formula is C26H35ClN6O2. The molecule has 2 aromatic carbocycles. The summed E-state index contributed by atoms with van der Waals surface area (Å²) in [5, 5.41) is 7.23. The van der Waals surface area contributed by atoms with E-state index in [4.69, 9.17) is 26.8 Å². The van der Waals surface area contributed by atoms with Gasteiger partial charge in [-0.2, -0.15) is 15.0 Å². The first-order valence-electron chi connectivity index (χ1n) is 11.8. The fraction of sp³-hybridized carbons (Fsp3) is 0.423. The molecule has 0 aliphatic heterocycles. The summed E-state index contributed by atoms with van der Waals surface area (Å²) in [7, 11) is 0. The SMILES string of the molecule is CC(C)(C)c1ccc(-c2nc(NCCOCCOCCN)nc(NCc3ccc(Cl)cc3)n2)cc1. The number of rotatable bonds is 13. The smallest absolute Gasteiger partial charge is 0.228 e. The number of nitrogens with two attached hydrogens (primary N) is 1. The zero-order valence-electron chi connectivity index (χ0n) is 20.7. The molecule has 0 aliphatic rings. The average molecular weight is 499 g/mol. The summed E-state index contributed by atoms with van der Waals surface area (Å²) >= 11 is 6.00. The molecule has 0 bridgehead atoms. The Kier molecular flexibility index (Phi) is 10.2. The summed E-state index contributed by atoms with van der Waals surface area (Å²) in [6, 6.07) is 16.0. The van der Waals surface area contributed by atoms with Gasteiger partial charge in [-0.25, -0.2) is 0 Å². The summed E-state index contributed by atoms with van der Waals surface area (Å²) in [4.78, 5) is 13.8. The van der Waals surface area contributed by atoms with E-state index >= 15 is 0 Å². The number of hydrogen-bond donors (Lipinski definition) is 3. The molecule has 0 saturated heterocycles. The van der Waals surface area contributed by atoms with E-state index in [1.54, 1.807) is 0 Å². The van der Waals surface area contributed by atoms with Gasteiger partial charge in [0.25, 0.3) is 0 Å². The fourth-order valence-corrected chi connectivity index (χ4v) is 3.33. The summed E-state index contributed by atoms with van der Waals surface area (Å²) in [5.41, 5.74) is 8.73. The predicted octanol–water partition coefficient (Wildman–Crippen LogP) is 4.51. The molecule has 188 valence electrons. The molecular weight excluding hydrogens is 464 g/mol. The van der Waals surface area contributed by atoms with Crippen LogP contribution in [-0.2, 0) is 21.4 Å². The molecule has 0 saturated carbocycles. The van der Waals surface area contributed by atoms with Crippen molar-refractivity contribution in [3.05, 3.63) is 64.7 Å². The third-order valence-corrected chi connectivity index (χ3v) is 5.42. The van der Waals surface area contributed by atoms with Crippen LogP contribution in [0.3, 0.4) is 0 Å². The van der Waals surface area contributed by atoms with Crippen LogP contribution in [0.25, 0.3) is 11.4 Å². The van der Waals surface area contributed by atoms with Gasteiger partial charge in [0, 0.05) is 30.2 Å². The van der Waals surface area contributed by atoms with Gasteiger partial charge in [-0.3, -0.25) is 0 Å². The first-order valence-corrected chi connectivity index (χ1v) is 12.2. The van der Waals surface area contributed by atoms with Crippen molar-refractivity contribution in [1.29, 1.82) is 0 Å². The molecule has 4 N–H and O–H groups in total. The van der Waals surface area contributed by atoms with Gasteiger partial charge in [-0.15, -0.1) is 0 Å². The molecule has 1 heterocycles. The van der Waals surface area contributed by atoms with Crippen LogP contribution >= 0.6 is 11.6 Å². The van der Waals surface area contributed by atoms with Crippen LogP contribution < -0.4 is 16.4 Å². The Morgan fingerprint density at radius 3 is 2.06 bits per heavy atom. The van der Waals surface area contributed by atoms with Gasteiger partial charge in [0.1, 0.15) is 0 Å². The third kappa shape index (κ3) is 9.07. The van der Waals surface area contributed by atoms with Crippen LogP contribution in [0, 0.1) is 0 Å². The van der Waals surface area contributed by atoms with Gasteiger partial charge in [0.15, 0.2) is 5.82 Å². The Labute approximate surface area is 212 Å². The van der Waals surface area contributed by atoms with E-state index in [-0.39, 0.29) is 5.41 Å². The maximum Gasteiger partial charge on any atom is 0.228 e. The molecule has 0 spiro atoms. The first kappa shape index (κ1) is 26.8. The largest absolute Gasteiger partial charge is 0.378 e. The van der Waals surface area contributed by atoms with Gasteiger partial charge >= 0.3 is 0 Å². The van der Waals surface area contributed by atoms with Crippen molar-refractivity contribution in [3.63, 3.8) is 0 Å². The molecule has 35 heavy (non-hydrogen) atoms. The Hall–Kier alpha value is -2.78. The standard InChI is InChI=1S/C26H35ClN6O2/c1-26(2,3)21-8-6-20(7-9-21)23-31-24(29-13-15-35-17-16-34-14-12-28)33-25(32-23)30-18-19-4-10-22(27)11-5-19/h4-11H,12-18,28H2,1-3H3,(H2,29,30,31,32,33). The van der Waals surface area contributed by atoms with Crippen LogP contribution in [0.1, 0.15) is 31.9 Å². The molecule has 9 heteroatoms. The van der Waals surface area contributed by atoms with Gasteiger partial charge in [-0.1, -0.05) is 68.8 Å². The minimum absolute atomic E-state index is 0.0744. The van der Waals surface area contributed by atoms with Gasteiger partial charge < -0.3 is 25.8 Å². The molecule has 0 unspecified atom stereocenters. The second-order valence-corrected chi connectivity index (χ2v) is 9.49. The molecule has 0 fully saturated rings. The highest BCUT2D eigenvalue weighted by molar-refractivity contribution is 6.30. The number of aromatic nitrogens is 3. The van der Waals surface area contributed by atoms with Gasteiger partial charge in [0.05, 0.1) is 26.4 Å². The molecule has 0 radical (unpaired) electrons. The molecule has 0 aliphatic carbocycles. The lowest BCUT2D eigenvalue weighted by Gasteiger charge is -2.19. The summed E-state index contributed by atoms with van der Waals surface area (Å²) < 4.78 is 10.9.